The fourth-order valence-electron chi connectivity index (χ4n) is 2.02. The molecule has 0 aliphatic rings. The van der Waals surface area contributed by atoms with Crippen LogP contribution in [0.15, 0.2) is 18.2 Å². The number of aryl methyl sites for hydroxylation is 1. The van der Waals surface area contributed by atoms with E-state index in [1.165, 1.54) is 0 Å². The minimum atomic E-state index is -0.338. The summed E-state index contributed by atoms with van der Waals surface area (Å²) in [4.78, 5) is 12.0. The van der Waals surface area contributed by atoms with Crippen molar-refractivity contribution < 1.29 is 9.53 Å². The van der Waals surface area contributed by atoms with E-state index >= 15 is 0 Å². The van der Waals surface area contributed by atoms with Crippen LogP contribution < -0.4 is 15.8 Å². The van der Waals surface area contributed by atoms with Gasteiger partial charge in [-0.2, -0.15) is 0 Å². The van der Waals surface area contributed by atoms with Crippen molar-refractivity contribution in [1.29, 1.82) is 0 Å². The SMILES string of the molecule is CCC(CC)(CN)NC(=O)COc1ccc(Cl)cc1C. The third-order valence-corrected chi connectivity index (χ3v) is 3.88. The van der Waals surface area contributed by atoms with Crippen molar-refractivity contribution in [3.05, 3.63) is 28.8 Å². The molecular formula is C15H23ClN2O2. The molecule has 0 aromatic heterocycles. The summed E-state index contributed by atoms with van der Waals surface area (Å²) in [6, 6.07) is 5.31. The number of halogens is 1. The highest BCUT2D eigenvalue weighted by molar-refractivity contribution is 6.30. The molecule has 0 atom stereocenters. The van der Waals surface area contributed by atoms with Crippen LogP contribution in [0.4, 0.5) is 0 Å². The highest BCUT2D eigenvalue weighted by atomic mass is 35.5. The van der Waals surface area contributed by atoms with Crippen molar-refractivity contribution in [3.63, 3.8) is 0 Å². The van der Waals surface area contributed by atoms with Gasteiger partial charge in [0.15, 0.2) is 6.61 Å². The van der Waals surface area contributed by atoms with Gasteiger partial charge in [-0.1, -0.05) is 25.4 Å². The first-order valence-electron chi connectivity index (χ1n) is 6.86. The van der Waals surface area contributed by atoms with Gasteiger partial charge in [0.1, 0.15) is 5.75 Å². The van der Waals surface area contributed by atoms with Gasteiger partial charge in [0, 0.05) is 11.6 Å². The van der Waals surface area contributed by atoms with Crippen molar-refractivity contribution in [2.75, 3.05) is 13.2 Å². The van der Waals surface area contributed by atoms with E-state index in [4.69, 9.17) is 22.1 Å². The fourth-order valence-corrected chi connectivity index (χ4v) is 2.24. The third kappa shape index (κ3) is 4.39. The number of nitrogens with two attached hydrogens (primary N) is 1. The first-order valence-corrected chi connectivity index (χ1v) is 7.24. The van der Waals surface area contributed by atoms with Crippen molar-refractivity contribution >= 4 is 17.5 Å². The van der Waals surface area contributed by atoms with Crippen LogP contribution in [0, 0.1) is 6.92 Å². The molecule has 0 unspecified atom stereocenters. The second-order valence-corrected chi connectivity index (χ2v) is 5.37. The van der Waals surface area contributed by atoms with E-state index in [2.05, 4.69) is 5.32 Å². The summed E-state index contributed by atoms with van der Waals surface area (Å²) < 4.78 is 5.52. The Bertz CT molecular complexity index is 451. The number of rotatable bonds is 7. The lowest BCUT2D eigenvalue weighted by atomic mass is 9.93. The van der Waals surface area contributed by atoms with Crippen LogP contribution in [0.2, 0.25) is 5.02 Å². The number of amides is 1. The zero-order chi connectivity index (χ0) is 15.2. The maximum atomic E-state index is 12.0. The van der Waals surface area contributed by atoms with Crippen molar-refractivity contribution in [2.24, 2.45) is 5.73 Å². The molecule has 0 spiro atoms. The van der Waals surface area contributed by atoms with Crippen LogP contribution in [0.5, 0.6) is 5.75 Å². The van der Waals surface area contributed by atoms with Crippen LogP contribution in [0.1, 0.15) is 32.3 Å². The van der Waals surface area contributed by atoms with E-state index in [0.29, 0.717) is 17.3 Å². The van der Waals surface area contributed by atoms with Gasteiger partial charge >= 0.3 is 0 Å². The van der Waals surface area contributed by atoms with E-state index in [0.717, 1.165) is 18.4 Å². The van der Waals surface area contributed by atoms with Gasteiger partial charge < -0.3 is 15.8 Å². The van der Waals surface area contributed by atoms with Crippen LogP contribution in [-0.2, 0) is 4.79 Å². The summed E-state index contributed by atoms with van der Waals surface area (Å²) in [5, 5.41) is 3.62. The Hall–Kier alpha value is -1.26. The summed E-state index contributed by atoms with van der Waals surface area (Å²) in [6.07, 6.45) is 1.59. The topological polar surface area (TPSA) is 64.3 Å². The largest absolute Gasteiger partial charge is 0.484 e. The Labute approximate surface area is 125 Å². The van der Waals surface area contributed by atoms with E-state index in [9.17, 15) is 4.79 Å². The standard InChI is InChI=1S/C15H23ClN2O2/c1-4-15(5-2,10-17)18-14(19)9-20-13-7-6-12(16)8-11(13)3/h6-8H,4-5,9-10,17H2,1-3H3,(H,18,19). The van der Waals surface area contributed by atoms with E-state index < -0.39 is 0 Å². The Balaban J connectivity index is 2.59. The number of hydrogen-bond donors (Lipinski definition) is 2. The molecule has 1 aromatic rings. The van der Waals surface area contributed by atoms with E-state index in [-0.39, 0.29) is 18.1 Å². The molecule has 112 valence electrons. The van der Waals surface area contributed by atoms with Crippen LogP contribution in [-0.4, -0.2) is 24.6 Å². The van der Waals surface area contributed by atoms with Crippen LogP contribution in [0.25, 0.3) is 0 Å². The van der Waals surface area contributed by atoms with Gasteiger partial charge in [-0.3, -0.25) is 4.79 Å². The number of carbonyl (C=O) groups is 1. The molecule has 1 rings (SSSR count). The Morgan fingerprint density at radius 3 is 2.55 bits per heavy atom. The predicted molar refractivity (Wildman–Crippen MR) is 82.2 cm³/mol. The van der Waals surface area contributed by atoms with Gasteiger partial charge in [-0.15, -0.1) is 0 Å². The zero-order valence-electron chi connectivity index (χ0n) is 12.3. The number of carbonyl (C=O) groups excluding carboxylic acids is 1. The average molecular weight is 299 g/mol. The quantitative estimate of drug-likeness (QED) is 0.813. The molecule has 0 fully saturated rings. The van der Waals surface area contributed by atoms with Gasteiger partial charge in [-0.25, -0.2) is 0 Å². The molecule has 0 aliphatic carbocycles. The molecule has 1 aromatic carbocycles. The second kappa shape index (κ2) is 7.50. The zero-order valence-corrected chi connectivity index (χ0v) is 13.1. The lowest BCUT2D eigenvalue weighted by Gasteiger charge is -2.31. The van der Waals surface area contributed by atoms with Crippen molar-refractivity contribution in [1.82, 2.24) is 5.32 Å². The fraction of sp³-hybridized carbons (Fsp3) is 0.533. The molecule has 0 saturated heterocycles. The van der Waals surface area contributed by atoms with Crippen molar-refractivity contribution in [3.8, 4) is 5.75 Å². The molecule has 5 heteroatoms. The molecule has 20 heavy (non-hydrogen) atoms. The first-order chi connectivity index (χ1) is 9.46. The van der Waals surface area contributed by atoms with Gasteiger partial charge in [0.2, 0.25) is 0 Å². The molecule has 0 aliphatic heterocycles. The monoisotopic (exact) mass is 298 g/mol. The molecule has 3 N–H and O–H groups in total. The van der Waals surface area contributed by atoms with Crippen LogP contribution >= 0.6 is 11.6 Å². The average Bonchev–Trinajstić information content (AvgIpc) is 2.44. The molecule has 0 saturated carbocycles. The van der Waals surface area contributed by atoms with E-state index in [1.54, 1.807) is 18.2 Å². The highest BCUT2D eigenvalue weighted by Crippen LogP contribution is 2.21. The lowest BCUT2D eigenvalue weighted by molar-refractivity contribution is -0.125. The summed E-state index contributed by atoms with van der Waals surface area (Å²) in [7, 11) is 0. The maximum absolute atomic E-state index is 12.0. The molecule has 1 amide bonds. The Kier molecular flexibility index (Phi) is 6.30. The number of nitrogens with one attached hydrogen (secondary N) is 1. The second-order valence-electron chi connectivity index (χ2n) is 4.94. The normalized spacial score (nSPS) is 11.2. The van der Waals surface area contributed by atoms with Crippen LogP contribution in [0.3, 0.4) is 0 Å². The summed E-state index contributed by atoms with van der Waals surface area (Å²) in [6.45, 7) is 6.32. The number of hydrogen-bond acceptors (Lipinski definition) is 3. The van der Waals surface area contributed by atoms with Crippen molar-refractivity contribution in [2.45, 2.75) is 39.2 Å². The third-order valence-electron chi connectivity index (χ3n) is 3.64. The summed E-state index contributed by atoms with van der Waals surface area (Å²) in [5.41, 5.74) is 6.32. The first kappa shape index (κ1) is 16.8. The minimum Gasteiger partial charge on any atom is -0.484 e. The molecule has 0 heterocycles. The Morgan fingerprint density at radius 1 is 1.40 bits per heavy atom. The highest BCUT2D eigenvalue weighted by Gasteiger charge is 2.26. The van der Waals surface area contributed by atoms with Gasteiger partial charge in [0.05, 0.1) is 5.54 Å². The van der Waals surface area contributed by atoms with E-state index in [1.807, 2.05) is 20.8 Å². The number of ether oxygens (including phenoxy) is 1. The number of benzene rings is 1. The summed E-state index contributed by atoms with van der Waals surface area (Å²) in [5.74, 6) is 0.504. The lowest BCUT2D eigenvalue weighted by Crippen LogP contribution is -2.54. The maximum Gasteiger partial charge on any atom is 0.258 e. The Morgan fingerprint density at radius 2 is 2.05 bits per heavy atom. The van der Waals surface area contributed by atoms with Gasteiger partial charge in [0.25, 0.3) is 5.91 Å². The molecular weight excluding hydrogens is 276 g/mol. The van der Waals surface area contributed by atoms with Gasteiger partial charge in [-0.05, 0) is 43.5 Å². The predicted octanol–water partition coefficient (Wildman–Crippen LogP) is 2.66. The summed E-state index contributed by atoms with van der Waals surface area (Å²) >= 11 is 5.87. The molecule has 0 radical (unpaired) electrons. The molecule has 0 bridgehead atoms. The molecule has 4 nitrogen and oxygen atoms in total. The minimum absolute atomic E-state index is 0.0236. The smallest absolute Gasteiger partial charge is 0.258 e.